The predicted molar refractivity (Wildman–Crippen MR) is 117 cm³/mol. The average molecular weight is 430 g/mol. The summed E-state index contributed by atoms with van der Waals surface area (Å²) in [6, 6.07) is 10.6. The molecule has 30 heavy (non-hydrogen) atoms. The number of benzene rings is 2. The Balaban J connectivity index is 1.39. The topological polar surface area (TPSA) is 43.9 Å². The summed E-state index contributed by atoms with van der Waals surface area (Å²) in [5.74, 6) is -1.03. The quantitative estimate of drug-likeness (QED) is 0.745. The normalized spacial score (nSPS) is 19.5. The van der Waals surface area contributed by atoms with Gasteiger partial charge in [-0.1, -0.05) is 23.7 Å². The van der Waals surface area contributed by atoms with Crippen molar-refractivity contribution < 1.29 is 14.0 Å². The maximum absolute atomic E-state index is 13.4. The summed E-state index contributed by atoms with van der Waals surface area (Å²) in [7, 11) is 0. The fourth-order valence-electron chi connectivity index (χ4n) is 4.26. The van der Waals surface area contributed by atoms with Crippen LogP contribution >= 0.6 is 11.6 Å². The average Bonchev–Trinajstić information content (AvgIpc) is 3.13. The van der Waals surface area contributed by atoms with Gasteiger partial charge in [0.05, 0.1) is 10.9 Å². The van der Waals surface area contributed by atoms with Crippen LogP contribution in [0.2, 0.25) is 5.02 Å². The number of rotatable bonds is 3. The monoisotopic (exact) mass is 429 g/mol. The third kappa shape index (κ3) is 4.01. The number of anilines is 2. The van der Waals surface area contributed by atoms with Crippen LogP contribution < -0.4 is 9.80 Å². The Labute approximate surface area is 181 Å². The molecular formula is C23H25ClFN3O2. The van der Waals surface area contributed by atoms with Gasteiger partial charge in [0.25, 0.3) is 0 Å². The fraction of sp³-hybridized carbons (Fsp3) is 0.391. The number of hydrogen-bond acceptors (Lipinski definition) is 3. The minimum absolute atomic E-state index is 0.0136. The van der Waals surface area contributed by atoms with E-state index >= 15 is 0 Å². The highest BCUT2D eigenvalue weighted by atomic mass is 35.5. The van der Waals surface area contributed by atoms with Gasteiger partial charge < -0.3 is 14.7 Å². The lowest BCUT2D eigenvalue weighted by molar-refractivity contribution is -0.136. The van der Waals surface area contributed by atoms with Gasteiger partial charge in [-0.3, -0.25) is 9.59 Å². The summed E-state index contributed by atoms with van der Waals surface area (Å²) in [6.07, 6.45) is 0.172. The third-order valence-electron chi connectivity index (χ3n) is 5.99. The zero-order valence-electron chi connectivity index (χ0n) is 17.2. The van der Waals surface area contributed by atoms with E-state index in [0.29, 0.717) is 25.3 Å². The molecule has 2 heterocycles. The second-order valence-corrected chi connectivity index (χ2v) is 8.51. The summed E-state index contributed by atoms with van der Waals surface area (Å²) in [4.78, 5) is 31.2. The Kier molecular flexibility index (Phi) is 5.69. The Hall–Kier alpha value is -2.60. The number of nitrogens with zero attached hydrogens (tertiary/aromatic N) is 3. The minimum Gasteiger partial charge on any atom is -0.368 e. The van der Waals surface area contributed by atoms with E-state index < -0.39 is 5.82 Å². The van der Waals surface area contributed by atoms with Gasteiger partial charge in [-0.25, -0.2) is 4.39 Å². The Morgan fingerprint density at radius 3 is 2.50 bits per heavy atom. The first-order chi connectivity index (χ1) is 14.3. The summed E-state index contributed by atoms with van der Waals surface area (Å²) < 4.78 is 13.4. The molecule has 2 fully saturated rings. The van der Waals surface area contributed by atoms with Crippen molar-refractivity contribution in [3.05, 3.63) is 58.4 Å². The van der Waals surface area contributed by atoms with Crippen molar-refractivity contribution in [2.45, 2.75) is 20.3 Å². The van der Waals surface area contributed by atoms with Crippen LogP contribution in [-0.4, -0.2) is 49.4 Å². The molecule has 4 rings (SSSR count). The predicted octanol–water partition coefficient (Wildman–Crippen LogP) is 3.80. The maximum Gasteiger partial charge on any atom is 0.228 e. The van der Waals surface area contributed by atoms with Crippen molar-refractivity contribution in [1.82, 2.24) is 4.90 Å². The van der Waals surface area contributed by atoms with Crippen LogP contribution in [0.4, 0.5) is 15.8 Å². The fourth-order valence-corrected chi connectivity index (χ4v) is 4.44. The van der Waals surface area contributed by atoms with E-state index in [1.165, 1.54) is 39.9 Å². The molecule has 1 atom stereocenters. The molecular weight excluding hydrogens is 405 g/mol. The molecule has 0 N–H and O–H groups in total. The maximum atomic E-state index is 13.4. The van der Waals surface area contributed by atoms with Gasteiger partial charge in [-0.2, -0.15) is 0 Å². The molecule has 0 saturated carbocycles. The molecule has 0 spiro atoms. The van der Waals surface area contributed by atoms with E-state index in [9.17, 15) is 14.0 Å². The Morgan fingerprint density at radius 2 is 1.80 bits per heavy atom. The lowest BCUT2D eigenvalue weighted by Crippen LogP contribution is -2.50. The molecule has 2 aromatic rings. The van der Waals surface area contributed by atoms with Crippen molar-refractivity contribution in [2.75, 3.05) is 42.5 Å². The number of piperazine rings is 1. The molecule has 0 unspecified atom stereocenters. The van der Waals surface area contributed by atoms with Crippen LogP contribution in [-0.2, 0) is 9.59 Å². The molecule has 5 nitrogen and oxygen atoms in total. The number of hydrogen-bond donors (Lipinski definition) is 0. The number of carbonyl (C=O) groups is 2. The zero-order valence-corrected chi connectivity index (χ0v) is 18.0. The summed E-state index contributed by atoms with van der Waals surface area (Å²) in [5.41, 5.74) is 4.20. The van der Waals surface area contributed by atoms with Gasteiger partial charge in [0.15, 0.2) is 0 Å². The molecule has 2 aromatic carbocycles. The molecule has 2 aliphatic rings. The molecule has 158 valence electrons. The van der Waals surface area contributed by atoms with Gasteiger partial charge >= 0.3 is 0 Å². The van der Waals surface area contributed by atoms with Crippen LogP contribution in [0.5, 0.6) is 0 Å². The molecule has 0 aromatic heterocycles. The van der Waals surface area contributed by atoms with E-state index in [0.717, 1.165) is 13.1 Å². The summed E-state index contributed by atoms with van der Waals surface area (Å²) in [6.45, 7) is 7.31. The molecule has 2 saturated heterocycles. The van der Waals surface area contributed by atoms with Crippen molar-refractivity contribution in [3.8, 4) is 0 Å². The van der Waals surface area contributed by atoms with Gasteiger partial charge in [-0.15, -0.1) is 0 Å². The van der Waals surface area contributed by atoms with E-state index in [1.807, 2.05) is 4.90 Å². The van der Waals surface area contributed by atoms with Crippen molar-refractivity contribution in [2.24, 2.45) is 5.92 Å². The number of halogens is 2. The van der Waals surface area contributed by atoms with Crippen molar-refractivity contribution >= 4 is 34.8 Å². The second-order valence-electron chi connectivity index (χ2n) is 8.11. The highest BCUT2D eigenvalue weighted by molar-refractivity contribution is 6.31. The number of carbonyl (C=O) groups excluding carboxylic acids is 2. The lowest BCUT2D eigenvalue weighted by Gasteiger charge is -2.37. The van der Waals surface area contributed by atoms with Gasteiger partial charge in [-0.05, 0) is 49.2 Å². The first-order valence-corrected chi connectivity index (χ1v) is 10.6. The van der Waals surface area contributed by atoms with Gasteiger partial charge in [0.1, 0.15) is 5.82 Å². The van der Waals surface area contributed by atoms with Crippen LogP contribution in [0, 0.1) is 25.6 Å². The number of amides is 2. The Morgan fingerprint density at radius 1 is 1.07 bits per heavy atom. The van der Waals surface area contributed by atoms with Crippen LogP contribution in [0.3, 0.4) is 0 Å². The van der Waals surface area contributed by atoms with E-state index in [-0.39, 0.29) is 29.2 Å². The van der Waals surface area contributed by atoms with Crippen LogP contribution in [0.15, 0.2) is 36.4 Å². The minimum atomic E-state index is -0.526. The number of aryl methyl sites for hydroxylation is 2. The van der Waals surface area contributed by atoms with E-state index in [1.54, 1.807) is 0 Å². The van der Waals surface area contributed by atoms with Crippen molar-refractivity contribution in [1.29, 1.82) is 0 Å². The largest absolute Gasteiger partial charge is 0.368 e. The third-order valence-corrected chi connectivity index (χ3v) is 6.28. The second kappa shape index (κ2) is 8.26. The Bertz CT molecular complexity index is 988. The zero-order chi connectivity index (χ0) is 21.4. The van der Waals surface area contributed by atoms with Crippen LogP contribution in [0.25, 0.3) is 0 Å². The lowest BCUT2D eigenvalue weighted by atomic mass is 10.1. The SMILES string of the molecule is Cc1ccc(C)c(N2CCN(C(=O)[C@@H]3CC(=O)N(c4ccc(F)c(Cl)c4)C3)CC2)c1. The van der Waals surface area contributed by atoms with Gasteiger partial charge in [0.2, 0.25) is 11.8 Å². The summed E-state index contributed by atoms with van der Waals surface area (Å²) >= 11 is 5.85. The highest BCUT2D eigenvalue weighted by Gasteiger charge is 2.38. The first kappa shape index (κ1) is 20.7. The van der Waals surface area contributed by atoms with Crippen molar-refractivity contribution in [3.63, 3.8) is 0 Å². The molecule has 2 aliphatic heterocycles. The first-order valence-electron chi connectivity index (χ1n) is 10.2. The molecule has 2 amide bonds. The van der Waals surface area contributed by atoms with E-state index in [4.69, 9.17) is 11.6 Å². The van der Waals surface area contributed by atoms with Crippen LogP contribution in [0.1, 0.15) is 17.5 Å². The molecule has 0 aliphatic carbocycles. The standard InChI is InChI=1S/C23H25ClFN3O2/c1-15-3-4-16(2)21(11-15)26-7-9-27(10-8-26)23(30)17-12-22(29)28(14-17)18-5-6-20(25)19(24)13-18/h3-6,11,13,17H,7-10,12,14H2,1-2H3/t17-/m1/s1. The molecule has 0 radical (unpaired) electrons. The summed E-state index contributed by atoms with van der Waals surface area (Å²) in [5, 5.41) is -0.0300. The van der Waals surface area contributed by atoms with E-state index in [2.05, 4.69) is 36.9 Å². The molecule has 0 bridgehead atoms. The smallest absolute Gasteiger partial charge is 0.228 e. The highest BCUT2D eigenvalue weighted by Crippen LogP contribution is 2.30. The molecule has 7 heteroatoms. The van der Waals surface area contributed by atoms with Gasteiger partial charge in [0, 0.05) is 50.5 Å².